The summed E-state index contributed by atoms with van der Waals surface area (Å²) in [5, 5.41) is 0. The number of methoxy groups -OCH3 is 2. The van der Waals surface area contributed by atoms with Crippen LogP contribution in [0.2, 0.25) is 0 Å². The molecule has 0 fully saturated rings. The largest absolute Gasteiger partial charge is 0.493 e. The lowest BCUT2D eigenvalue weighted by Crippen LogP contribution is -2.13. The van der Waals surface area contributed by atoms with Crippen molar-refractivity contribution in [3.63, 3.8) is 0 Å². The molecule has 0 atom stereocenters. The SMILES string of the molecule is COc1ccc(S(=O)(=O)Nc2ccc3ncoc3c2)cc1OC. The predicted octanol–water partition coefficient (Wildman–Crippen LogP) is 2.65. The molecule has 2 aromatic carbocycles. The molecule has 23 heavy (non-hydrogen) atoms. The summed E-state index contributed by atoms with van der Waals surface area (Å²) in [6.07, 6.45) is 1.30. The number of oxazole rings is 1. The minimum atomic E-state index is -3.77. The fourth-order valence-electron chi connectivity index (χ4n) is 2.12. The zero-order valence-corrected chi connectivity index (χ0v) is 13.3. The lowest BCUT2D eigenvalue weighted by Gasteiger charge is -2.11. The van der Waals surface area contributed by atoms with E-state index in [9.17, 15) is 8.42 Å². The van der Waals surface area contributed by atoms with E-state index in [1.54, 1.807) is 18.2 Å². The molecule has 0 bridgehead atoms. The van der Waals surface area contributed by atoms with Crippen LogP contribution in [0.1, 0.15) is 0 Å². The van der Waals surface area contributed by atoms with E-state index in [0.717, 1.165) is 0 Å². The van der Waals surface area contributed by atoms with Crippen LogP contribution >= 0.6 is 0 Å². The molecule has 3 aromatic rings. The summed E-state index contributed by atoms with van der Waals surface area (Å²) < 4.78 is 42.9. The molecule has 0 saturated heterocycles. The van der Waals surface area contributed by atoms with Crippen molar-refractivity contribution in [2.75, 3.05) is 18.9 Å². The van der Waals surface area contributed by atoms with Gasteiger partial charge in [0.1, 0.15) is 5.52 Å². The van der Waals surface area contributed by atoms with Crippen molar-refractivity contribution >= 4 is 26.8 Å². The van der Waals surface area contributed by atoms with Crippen LogP contribution in [0.3, 0.4) is 0 Å². The molecule has 0 aliphatic heterocycles. The minimum Gasteiger partial charge on any atom is -0.493 e. The van der Waals surface area contributed by atoms with E-state index in [1.165, 1.54) is 38.8 Å². The van der Waals surface area contributed by atoms with Crippen molar-refractivity contribution in [3.05, 3.63) is 42.8 Å². The molecule has 0 saturated carbocycles. The molecule has 0 amide bonds. The van der Waals surface area contributed by atoms with Crippen LogP contribution in [0.5, 0.6) is 11.5 Å². The number of hydrogen-bond acceptors (Lipinski definition) is 6. The average Bonchev–Trinajstić information content (AvgIpc) is 3.01. The number of rotatable bonds is 5. The summed E-state index contributed by atoms with van der Waals surface area (Å²) in [6.45, 7) is 0. The summed E-state index contributed by atoms with van der Waals surface area (Å²) >= 11 is 0. The van der Waals surface area contributed by atoms with E-state index >= 15 is 0 Å². The first-order valence-electron chi connectivity index (χ1n) is 6.61. The number of nitrogens with one attached hydrogen (secondary N) is 1. The van der Waals surface area contributed by atoms with E-state index in [1.807, 2.05) is 0 Å². The van der Waals surface area contributed by atoms with Gasteiger partial charge in [-0.1, -0.05) is 0 Å². The third-order valence-corrected chi connectivity index (χ3v) is 4.63. The van der Waals surface area contributed by atoms with Gasteiger partial charge in [-0.2, -0.15) is 0 Å². The van der Waals surface area contributed by atoms with Crippen molar-refractivity contribution in [2.24, 2.45) is 0 Å². The van der Waals surface area contributed by atoms with Crippen molar-refractivity contribution in [2.45, 2.75) is 4.90 Å². The molecule has 3 rings (SSSR count). The van der Waals surface area contributed by atoms with Gasteiger partial charge in [-0.3, -0.25) is 4.72 Å². The monoisotopic (exact) mass is 334 g/mol. The fraction of sp³-hybridized carbons (Fsp3) is 0.133. The third-order valence-electron chi connectivity index (χ3n) is 3.25. The molecule has 1 heterocycles. The predicted molar refractivity (Wildman–Crippen MR) is 84.4 cm³/mol. The number of anilines is 1. The van der Waals surface area contributed by atoms with Crippen LogP contribution in [-0.4, -0.2) is 27.6 Å². The Balaban J connectivity index is 1.94. The first-order chi connectivity index (χ1) is 11.0. The highest BCUT2D eigenvalue weighted by atomic mass is 32.2. The van der Waals surface area contributed by atoms with Gasteiger partial charge in [0.15, 0.2) is 23.5 Å². The zero-order chi connectivity index (χ0) is 16.4. The van der Waals surface area contributed by atoms with Crippen LogP contribution < -0.4 is 14.2 Å². The van der Waals surface area contributed by atoms with Crippen LogP contribution in [0.25, 0.3) is 11.1 Å². The molecule has 7 nitrogen and oxygen atoms in total. The zero-order valence-electron chi connectivity index (χ0n) is 12.4. The van der Waals surface area contributed by atoms with E-state index in [4.69, 9.17) is 13.9 Å². The molecule has 1 N–H and O–H groups in total. The molecular formula is C15H14N2O5S. The smallest absolute Gasteiger partial charge is 0.262 e. The highest BCUT2D eigenvalue weighted by Gasteiger charge is 2.17. The Hall–Kier alpha value is -2.74. The molecule has 1 aromatic heterocycles. The Morgan fingerprint density at radius 2 is 1.83 bits per heavy atom. The third kappa shape index (κ3) is 2.93. The second-order valence-corrected chi connectivity index (χ2v) is 6.34. The second-order valence-electron chi connectivity index (χ2n) is 4.66. The average molecular weight is 334 g/mol. The summed E-state index contributed by atoms with van der Waals surface area (Å²) in [5.74, 6) is 0.788. The molecule has 0 radical (unpaired) electrons. The lowest BCUT2D eigenvalue weighted by atomic mass is 10.3. The van der Waals surface area contributed by atoms with Crippen LogP contribution in [0, 0.1) is 0 Å². The van der Waals surface area contributed by atoms with Crippen LogP contribution in [0.15, 0.2) is 52.1 Å². The van der Waals surface area contributed by atoms with Crippen molar-refractivity contribution in [1.82, 2.24) is 4.98 Å². The Morgan fingerprint density at radius 1 is 1.04 bits per heavy atom. The fourth-order valence-corrected chi connectivity index (χ4v) is 3.18. The Labute approximate surface area is 132 Å². The molecule has 0 aliphatic rings. The summed E-state index contributed by atoms with van der Waals surface area (Å²) in [6, 6.07) is 9.23. The molecular weight excluding hydrogens is 320 g/mol. The van der Waals surface area contributed by atoms with Crippen molar-refractivity contribution in [1.29, 1.82) is 0 Å². The molecule has 0 aliphatic carbocycles. The minimum absolute atomic E-state index is 0.0628. The summed E-state index contributed by atoms with van der Waals surface area (Å²) in [7, 11) is -0.843. The highest BCUT2D eigenvalue weighted by Crippen LogP contribution is 2.30. The van der Waals surface area contributed by atoms with Gasteiger partial charge < -0.3 is 13.9 Å². The quantitative estimate of drug-likeness (QED) is 0.771. The lowest BCUT2D eigenvalue weighted by molar-refractivity contribution is 0.354. The molecule has 0 spiro atoms. The van der Waals surface area contributed by atoms with Crippen molar-refractivity contribution in [3.8, 4) is 11.5 Å². The van der Waals surface area contributed by atoms with Gasteiger partial charge >= 0.3 is 0 Å². The first-order valence-corrected chi connectivity index (χ1v) is 8.10. The number of ether oxygens (including phenoxy) is 2. The van der Waals surface area contributed by atoms with Gasteiger partial charge in [-0.05, 0) is 24.3 Å². The van der Waals surface area contributed by atoms with E-state index in [2.05, 4.69) is 9.71 Å². The molecule has 120 valence electrons. The van der Waals surface area contributed by atoms with E-state index < -0.39 is 10.0 Å². The normalized spacial score (nSPS) is 11.4. The van der Waals surface area contributed by atoms with Gasteiger partial charge in [0.05, 0.1) is 24.8 Å². The number of aromatic nitrogens is 1. The maximum atomic E-state index is 12.5. The van der Waals surface area contributed by atoms with Gasteiger partial charge in [0, 0.05) is 12.1 Å². The Morgan fingerprint density at radius 3 is 2.57 bits per heavy atom. The highest BCUT2D eigenvalue weighted by molar-refractivity contribution is 7.92. The summed E-state index contributed by atoms with van der Waals surface area (Å²) in [4.78, 5) is 4.04. The van der Waals surface area contributed by atoms with Crippen molar-refractivity contribution < 1.29 is 22.3 Å². The van der Waals surface area contributed by atoms with E-state index in [-0.39, 0.29) is 4.90 Å². The second kappa shape index (κ2) is 5.81. The van der Waals surface area contributed by atoms with Gasteiger partial charge in [-0.15, -0.1) is 0 Å². The van der Waals surface area contributed by atoms with Gasteiger partial charge in [-0.25, -0.2) is 13.4 Å². The number of nitrogens with zero attached hydrogens (tertiary/aromatic N) is 1. The Bertz CT molecular complexity index is 949. The standard InChI is InChI=1S/C15H14N2O5S/c1-20-13-6-4-11(8-15(13)21-2)23(18,19)17-10-3-5-12-14(7-10)22-9-16-12/h3-9,17H,1-2H3. The molecule has 0 unspecified atom stereocenters. The Kier molecular flexibility index (Phi) is 3.83. The van der Waals surface area contributed by atoms with E-state index in [0.29, 0.717) is 28.3 Å². The van der Waals surface area contributed by atoms with Crippen LogP contribution in [0.4, 0.5) is 5.69 Å². The summed E-state index contributed by atoms with van der Waals surface area (Å²) in [5.41, 5.74) is 1.53. The molecule has 8 heteroatoms. The van der Waals surface area contributed by atoms with Gasteiger partial charge in [0.2, 0.25) is 0 Å². The number of hydrogen-bond donors (Lipinski definition) is 1. The van der Waals surface area contributed by atoms with Gasteiger partial charge in [0.25, 0.3) is 10.0 Å². The maximum absolute atomic E-state index is 12.5. The topological polar surface area (TPSA) is 90.7 Å². The number of fused-ring (bicyclic) bond motifs is 1. The number of sulfonamides is 1. The maximum Gasteiger partial charge on any atom is 0.262 e. The van der Waals surface area contributed by atoms with Crippen LogP contribution in [-0.2, 0) is 10.0 Å². The first kappa shape index (κ1) is 15.2. The number of benzene rings is 2.